The van der Waals surface area contributed by atoms with Gasteiger partial charge >= 0.3 is 5.97 Å². The van der Waals surface area contributed by atoms with Gasteiger partial charge < -0.3 is 5.11 Å². The summed E-state index contributed by atoms with van der Waals surface area (Å²) in [6.45, 7) is 2.00. The summed E-state index contributed by atoms with van der Waals surface area (Å²) >= 11 is 1.58. The number of hydrogen-bond donors (Lipinski definition) is 1. The molecule has 4 nitrogen and oxygen atoms in total. The van der Waals surface area contributed by atoms with E-state index in [0.717, 1.165) is 26.7 Å². The second-order valence-electron chi connectivity index (χ2n) is 4.55. The summed E-state index contributed by atoms with van der Waals surface area (Å²) in [4.78, 5) is 21.8. The van der Waals surface area contributed by atoms with Crippen LogP contribution in [0.15, 0.2) is 42.5 Å². The minimum atomic E-state index is -0.991. The molecular weight excluding hydrogens is 284 g/mol. The number of aliphatic carboxylic acids is 1. The molecule has 1 aromatic carbocycles. The molecule has 0 bridgehead atoms. The van der Waals surface area contributed by atoms with E-state index in [4.69, 9.17) is 5.11 Å². The number of carboxylic acids is 1. The fourth-order valence-electron chi connectivity index (χ4n) is 2.06. The van der Waals surface area contributed by atoms with Gasteiger partial charge in [0.25, 0.3) is 0 Å². The Morgan fingerprint density at radius 1 is 1.24 bits per heavy atom. The van der Waals surface area contributed by atoms with Gasteiger partial charge in [-0.25, -0.2) is 14.8 Å². The highest BCUT2D eigenvalue weighted by atomic mass is 32.1. The fraction of sp³-hybridized carbons (Fsp3) is 0.0625. The van der Waals surface area contributed by atoms with Crippen LogP contribution < -0.4 is 0 Å². The maximum atomic E-state index is 10.7. The zero-order valence-corrected chi connectivity index (χ0v) is 12.1. The number of hydrogen-bond acceptors (Lipinski definition) is 4. The topological polar surface area (TPSA) is 63.1 Å². The first-order valence-corrected chi connectivity index (χ1v) is 7.20. The second kappa shape index (κ2) is 5.46. The first kappa shape index (κ1) is 13.5. The average molecular weight is 296 g/mol. The standard InChI is InChI=1S/C16H12N2O2S/c1-10-9-12-13(7-8-14(19)20)17-15(18-16(12)21-10)11-5-3-2-4-6-11/h2-9H,1H3,(H,19,20). The molecule has 1 N–H and O–H groups in total. The van der Waals surface area contributed by atoms with Gasteiger partial charge in [-0.05, 0) is 19.1 Å². The van der Waals surface area contributed by atoms with E-state index >= 15 is 0 Å². The summed E-state index contributed by atoms with van der Waals surface area (Å²) in [6, 6.07) is 11.6. The molecule has 5 heteroatoms. The third-order valence-corrected chi connectivity index (χ3v) is 3.91. The van der Waals surface area contributed by atoms with Crippen LogP contribution in [0.5, 0.6) is 0 Å². The smallest absolute Gasteiger partial charge is 0.328 e. The fourth-order valence-corrected chi connectivity index (χ4v) is 2.94. The van der Waals surface area contributed by atoms with Gasteiger partial charge in [0.15, 0.2) is 5.82 Å². The highest BCUT2D eigenvalue weighted by molar-refractivity contribution is 7.18. The van der Waals surface area contributed by atoms with Crippen molar-refractivity contribution in [2.24, 2.45) is 0 Å². The number of rotatable bonds is 3. The summed E-state index contributed by atoms with van der Waals surface area (Å²) in [6.07, 6.45) is 2.62. The van der Waals surface area contributed by atoms with E-state index in [9.17, 15) is 4.79 Å². The zero-order chi connectivity index (χ0) is 14.8. The minimum absolute atomic E-state index is 0.606. The Balaban J connectivity index is 2.21. The molecule has 0 aliphatic rings. The van der Waals surface area contributed by atoms with E-state index < -0.39 is 5.97 Å². The summed E-state index contributed by atoms with van der Waals surface area (Å²) in [5.41, 5.74) is 1.54. The molecule has 21 heavy (non-hydrogen) atoms. The third kappa shape index (κ3) is 2.83. The zero-order valence-electron chi connectivity index (χ0n) is 11.3. The van der Waals surface area contributed by atoms with E-state index in [1.165, 1.54) is 6.08 Å². The van der Waals surface area contributed by atoms with Crippen molar-refractivity contribution in [3.8, 4) is 11.4 Å². The first-order valence-electron chi connectivity index (χ1n) is 6.38. The summed E-state index contributed by atoms with van der Waals surface area (Å²) in [7, 11) is 0. The van der Waals surface area contributed by atoms with Crippen LogP contribution in [0.2, 0.25) is 0 Å². The molecule has 104 valence electrons. The number of aryl methyl sites for hydroxylation is 1. The van der Waals surface area contributed by atoms with Crippen molar-refractivity contribution in [2.75, 3.05) is 0 Å². The van der Waals surface area contributed by atoms with Crippen LogP contribution in [0.1, 0.15) is 10.6 Å². The van der Waals surface area contributed by atoms with Crippen LogP contribution >= 0.6 is 11.3 Å². The molecule has 0 fully saturated rings. The molecule has 3 rings (SSSR count). The number of aromatic nitrogens is 2. The lowest BCUT2D eigenvalue weighted by Crippen LogP contribution is -1.93. The minimum Gasteiger partial charge on any atom is -0.478 e. The molecular formula is C16H12N2O2S. The number of carbonyl (C=O) groups is 1. The maximum absolute atomic E-state index is 10.7. The van der Waals surface area contributed by atoms with Gasteiger partial charge in [-0.3, -0.25) is 0 Å². The molecule has 0 amide bonds. The first-order chi connectivity index (χ1) is 10.1. The molecule has 0 radical (unpaired) electrons. The van der Waals surface area contributed by atoms with Crippen LogP contribution in [0.4, 0.5) is 0 Å². The number of nitrogens with zero attached hydrogens (tertiary/aromatic N) is 2. The van der Waals surface area contributed by atoms with E-state index in [1.807, 2.05) is 43.3 Å². The van der Waals surface area contributed by atoms with Crippen molar-refractivity contribution >= 4 is 33.6 Å². The molecule has 0 saturated heterocycles. The Morgan fingerprint density at radius 3 is 2.71 bits per heavy atom. The van der Waals surface area contributed by atoms with E-state index in [2.05, 4.69) is 9.97 Å². The lowest BCUT2D eigenvalue weighted by atomic mass is 10.2. The van der Waals surface area contributed by atoms with Crippen molar-refractivity contribution in [2.45, 2.75) is 6.92 Å². The molecule has 0 unspecified atom stereocenters. The normalized spacial score (nSPS) is 11.3. The molecule has 0 aliphatic carbocycles. The number of carboxylic acid groups (broad SMARTS) is 1. The van der Waals surface area contributed by atoms with Gasteiger partial charge in [0.2, 0.25) is 0 Å². The van der Waals surface area contributed by atoms with Gasteiger partial charge in [0.1, 0.15) is 4.83 Å². The van der Waals surface area contributed by atoms with Crippen molar-refractivity contribution in [1.82, 2.24) is 9.97 Å². The highest BCUT2D eigenvalue weighted by Crippen LogP contribution is 2.28. The Labute approximate surface area is 125 Å². The van der Waals surface area contributed by atoms with Crippen LogP contribution in [-0.4, -0.2) is 21.0 Å². The molecule has 3 aromatic rings. The maximum Gasteiger partial charge on any atom is 0.328 e. The Hall–Kier alpha value is -2.53. The van der Waals surface area contributed by atoms with Crippen molar-refractivity contribution in [1.29, 1.82) is 0 Å². The predicted octanol–water partition coefficient (Wildman–Crippen LogP) is 3.76. The van der Waals surface area contributed by atoms with E-state index in [0.29, 0.717) is 11.5 Å². The van der Waals surface area contributed by atoms with Gasteiger partial charge in [0.05, 0.1) is 5.69 Å². The second-order valence-corrected chi connectivity index (χ2v) is 5.78. The van der Waals surface area contributed by atoms with Crippen molar-refractivity contribution < 1.29 is 9.90 Å². The molecule has 0 spiro atoms. The number of thiophene rings is 1. The lowest BCUT2D eigenvalue weighted by molar-refractivity contribution is -0.131. The predicted molar refractivity (Wildman–Crippen MR) is 84.3 cm³/mol. The summed E-state index contributed by atoms with van der Waals surface area (Å²) < 4.78 is 0. The van der Waals surface area contributed by atoms with Gasteiger partial charge in [0, 0.05) is 21.9 Å². The third-order valence-electron chi connectivity index (χ3n) is 2.96. The Kier molecular flexibility index (Phi) is 3.50. The van der Waals surface area contributed by atoms with Crippen LogP contribution in [0.3, 0.4) is 0 Å². The quantitative estimate of drug-likeness (QED) is 0.747. The number of fused-ring (bicyclic) bond motifs is 1. The average Bonchev–Trinajstić information content (AvgIpc) is 2.85. The Morgan fingerprint density at radius 2 is 2.00 bits per heavy atom. The van der Waals surface area contributed by atoms with Crippen molar-refractivity contribution in [3.63, 3.8) is 0 Å². The highest BCUT2D eigenvalue weighted by Gasteiger charge is 2.10. The van der Waals surface area contributed by atoms with Crippen LogP contribution in [-0.2, 0) is 4.79 Å². The lowest BCUT2D eigenvalue weighted by Gasteiger charge is -2.02. The van der Waals surface area contributed by atoms with Crippen LogP contribution in [0.25, 0.3) is 27.7 Å². The van der Waals surface area contributed by atoms with Crippen molar-refractivity contribution in [3.05, 3.63) is 53.0 Å². The number of benzene rings is 1. The van der Waals surface area contributed by atoms with Gasteiger partial charge in [-0.2, -0.15) is 0 Å². The van der Waals surface area contributed by atoms with Crippen LogP contribution in [0, 0.1) is 6.92 Å². The molecule has 0 saturated carbocycles. The van der Waals surface area contributed by atoms with Gasteiger partial charge in [-0.15, -0.1) is 11.3 Å². The summed E-state index contributed by atoms with van der Waals surface area (Å²) in [5, 5.41) is 9.69. The monoisotopic (exact) mass is 296 g/mol. The molecule has 2 heterocycles. The Bertz CT molecular complexity index is 838. The summed E-state index contributed by atoms with van der Waals surface area (Å²) in [5.74, 6) is -0.384. The van der Waals surface area contributed by atoms with E-state index in [-0.39, 0.29) is 0 Å². The molecule has 2 aromatic heterocycles. The largest absolute Gasteiger partial charge is 0.478 e. The SMILES string of the molecule is Cc1cc2c(C=CC(=O)O)nc(-c3ccccc3)nc2s1. The van der Waals surface area contributed by atoms with E-state index in [1.54, 1.807) is 11.3 Å². The van der Waals surface area contributed by atoms with Gasteiger partial charge in [-0.1, -0.05) is 30.3 Å². The molecule has 0 atom stereocenters. The molecule has 0 aliphatic heterocycles.